The molecule has 0 bridgehead atoms. The lowest BCUT2D eigenvalue weighted by atomic mass is 10.0. The van der Waals surface area contributed by atoms with E-state index in [2.05, 4.69) is 24.4 Å². The summed E-state index contributed by atoms with van der Waals surface area (Å²) in [6, 6.07) is 16.9. The van der Waals surface area contributed by atoms with Crippen LogP contribution in [0.2, 0.25) is 0 Å². The number of carbonyl (C=O) groups is 1. The molecule has 0 unspecified atom stereocenters. The van der Waals surface area contributed by atoms with Crippen molar-refractivity contribution in [2.75, 3.05) is 13.1 Å². The third-order valence-electron chi connectivity index (χ3n) is 4.60. The lowest BCUT2D eigenvalue weighted by molar-refractivity contribution is -0.128. The van der Waals surface area contributed by atoms with E-state index < -0.39 is 0 Å². The zero-order valence-electron chi connectivity index (χ0n) is 13.9. The van der Waals surface area contributed by atoms with Gasteiger partial charge in [0.15, 0.2) is 0 Å². The standard InChI is InChI=1S/C20H23FN2O/c1-15(16-9-11-18(21)12-10-16)22-19(17-6-3-2-4-7-17)14-23-13-5-8-20(23)24/h2-4,6-7,9-12,15,19,22H,5,8,13-14H2,1H3/t15-,19-/m1/s1. The molecule has 0 aliphatic carbocycles. The Labute approximate surface area is 142 Å². The number of carbonyl (C=O) groups excluding carboxylic acids is 1. The highest BCUT2D eigenvalue weighted by Gasteiger charge is 2.25. The van der Waals surface area contributed by atoms with Crippen molar-refractivity contribution < 1.29 is 9.18 Å². The first-order valence-corrected chi connectivity index (χ1v) is 8.48. The third-order valence-corrected chi connectivity index (χ3v) is 4.60. The predicted octanol–water partition coefficient (Wildman–Crippen LogP) is 3.84. The fraction of sp³-hybridized carbons (Fsp3) is 0.350. The van der Waals surface area contributed by atoms with Gasteiger partial charge in [0.05, 0.1) is 6.04 Å². The molecule has 3 nitrogen and oxygen atoms in total. The summed E-state index contributed by atoms with van der Waals surface area (Å²) in [6.45, 7) is 3.55. The van der Waals surface area contributed by atoms with Crippen LogP contribution in [0.1, 0.15) is 43.0 Å². The number of hydrogen-bond donors (Lipinski definition) is 1. The maximum Gasteiger partial charge on any atom is 0.222 e. The van der Waals surface area contributed by atoms with E-state index in [-0.39, 0.29) is 23.8 Å². The molecule has 0 radical (unpaired) electrons. The monoisotopic (exact) mass is 326 g/mol. The number of amides is 1. The molecule has 1 heterocycles. The lowest BCUT2D eigenvalue weighted by Crippen LogP contribution is -2.37. The van der Waals surface area contributed by atoms with Crippen LogP contribution in [0.5, 0.6) is 0 Å². The van der Waals surface area contributed by atoms with E-state index in [9.17, 15) is 9.18 Å². The van der Waals surface area contributed by atoms with Gasteiger partial charge in [0, 0.05) is 25.6 Å². The molecule has 1 saturated heterocycles. The highest BCUT2D eigenvalue weighted by Crippen LogP contribution is 2.23. The second-order valence-electron chi connectivity index (χ2n) is 6.35. The molecule has 3 rings (SSSR count). The Morgan fingerprint density at radius 1 is 1.08 bits per heavy atom. The number of rotatable bonds is 6. The van der Waals surface area contributed by atoms with Crippen LogP contribution in [-0.2, 0) is 4.79 Å². The van der Waals surface area contributed by atoms with Gasteiger partial charge in [-0.3, -0.25) is 4.79 Å². The summed E-state index contributed by atoms with van der Waals surface area (Å²) in [5, 5.41) is 3.60. The number of halogens is 1. The Kier molecular flexibility index (Phi) is 5.26. The highest BCUT2D eigenvalue weighted by molar-refractivity contribution is 5.78. The Hall–Kier alpha value is -2.20. The molecule has 2 aromatic carbocycles. The summed E-state index contributed by atoms with van der Waals surface area (Å²) in [7, 11) is 0. The predicted molar refractivity (Wildman–Crippen MR) is 92.9 cm³/mol. The number of nitrogens with one attached hydrogen (secondary N) is 1. The molecule has 2 atom stereocenters. The summed E-state index contributed by atoms with van der Waals surface area (Å²) in [5.41, 5.74) is 2.19. The van der Waals surface area contributed by atoms with Crippen molar-refractivity contribution in [1.29, 1.82) is 0 Å². The fourth-order valence-corrected chi connectivity index (χ4v) is 3.21. The maximum absolute atomic E-state index is 13.1. The van der Waals surface area contributed by atoms with Gasteiger partial charge < -0.3 is 10.2 Å². The van der Waals surface area contributed by atoms with E-state index in [0.717, 1.165) is 24.1 Å². The van der Waals surface area contributed by atoms with Gasteiger partial charge in [0.25, 0.3) is 0 Å². The molecule has 126 valence electrons. The second-order valence-corrected chi connectivity index (χ2v) is 6.35. The van der Waals surface area contributed by atoms with Crippen molar-refractivity contribution in [2.24, 2.45) is 0 Å². The smallest absolute Gasteiger partial charge is 0.222 e. The van der Waals surface area contributed by atoms with Crippen molar-refractivity contribution in [2.45, 2.75) is 31.8 Å². The maximum atomic E-state index is 13.1. The first kappa shape index (κ1) is 16.7. The number of benzene rings is 2. The zero-order chi connectivity index (χ0) is 16.9. The summed E-state index contributed by atoms with van der Waals surface area (Å²) >= 11 is 0. The number of nitrogens with zero attached hydrogens (tertiary/aromatic N) is 1. The van der Waals surface area contributed by atoms with E-state index in [4.69, 9.17) is 0 Å². The van der Waals surface area contributed by atoms with Gasteiger partial charge in [-0.15, -0.1) is 0 Å². The number of likely N-dealkylation sites (tertiary alicyclic amines) is 1. The average molecular weight is 326 g/mol. The molecule has 1 amide bonds. The lowest BCUT2D eigenvalue weighted by Gasteiger charge is -2.28. The van der Waals surface area contributed by atoms with Crippen LogP contribution in [0.3, 0.4) is 0 Å². The van der Waals surface area contributed by atoms with Gasteiger partial charge in [-0.05, 0) is 36.6 Å². The summed E-state index contributed by atoms with van der Waals surface area (Å²) in [6.07, 6.45) is 1.59. The first-order valence-electron chi connectivity index (χ1n) is 8.48. The minimum absolute atomic E-state index is 0.0494. The van der Waals surface area contributed by atoms with Crippen molar-refractivity contribution >= 4 is 5.91 Å². The Morgan fingerprint density at radius 2 is 1.79 bits per heavy atom. The van der Waals surface area contributed by atoms with Gasteiger partial charge in [-0.25, -0.2) is 4.39 Å². The Morgan fingerprint density at radius 3 is 2.42 bits per heavy atom. The van der Waals surface area contributed by atoms with E-state index in [1.807, 2.05) is 23.1 Å². The molecule has 0 spiro atoms. The van der Waals surface area contributed by atoms with Crippen molar-refractivity contribution in [3.05, 3.63) is 71.5 Å². The molecular formula is C20H23FN2O. The van der Waals surface area contributed by atoms with E-state index in [1.165, 1.54) is 12.1 Å². The Balaban J connectivity index is 1.76. The molecule has 1 aliphatic heterocycles. The van der Waals surface area contributed by atoms with Gasteiger partial charge >= 0.3 is 0 Å². The quantitative estimate of drug-likeness (QED) is 0.875. The van der Waals surface area contributed by atoms with Crippen LogP contribution in [0.25, 0.3) is 0 Å². The topological polar surface area (TPSA) is 32.3 Å². The zero-order valence-corrected chi connectivity index (χ0v) is 13.9. The first-order chi connectivity index (χ1) is 11.6. The molecule has 0 aromatic heterocycles. The van der Waals surface area contributed by atoms with E-state index in [0.29, 0.717) is 13.0 Å². The molecule has 2 aromatic rings. The van der Waals surface area contributed by atoms with Gasteiger partial charge in [0.1, 0.15) is 5.82 Å². The van der Waals surface area contributed by atoms with Crippen LogP contribution >= 0.6 is 0 Å². The minimum atomic E-state index is -0.228. The molecule has 1 fully saturated rings. The molecular weight excluding hydrogens is 303 g/mol. The van der Waals surface area contributed by atoms with Crippen LogP contribution < -0.4 is 5.32 Å². The van der Waals surface area contributed by atoms with Crippen molar-refractivity contribution in [3.8, 4) is 0 Å². The largest absolute Gasteiger partial charge is 0.341 e. The summed E-state index contributed by atoms with van der Waals surface area (Å²) < 4.78 is 13.1. The minimum Gasteiger partial charge on any atom is -0.341 e. The van der Waals surface area contributed by atoms with E-state index in [1.54, 1.807) is 12.1 Å². The second kappa shape index (κ2) is 7.58. The number of hydrogen-bond acceptors (Lipinski definition) is 2. The Bertz CT molecular complexity index is 672. The average Bonchev–Trinajstić information content (AvgIpc) is 3.00. The molecule has 24 heavy (non-hydrogen) atoms. The van der Waals surface area contributed by atoms with Crippen LogP contribution in [-0.4, -0.2) is 23.9 Å². The molecule has 1 N–H and O–H groups in total. The molecule has 1 aliphatic rings. The van der Waals surface area contributed by atoms with Crippen molar-refractivity contribution in [1.82, 2.24) is 10.2 Å². The van der Waals surface area contributed by atoms with Crippen molar-refractivity contribution in [3.63, 3.8) is 0 Å². The highest BCUT2D eigenvalue weighted by atomic mass is 19.1. The normalized spacial score (nSPS) is 17.1. The SMILES string of the molecule is C[C@@H](N[C@H](CN1CCCC1=O)c1ccccc1)c1ccc(F)cc1. The van der Waals surface area contributed by atoms with Crippen LogP contribution in [0, 0.1) is 5.82 Å². The molecule has 0 saturated carbocycles. The summed E-state index contributed by atoms with van der Waals surface area (Å²) in [5.74, 6) is 0.000360. The molecule has 4 heteroatoms. The van der Waals surface area contributed by atoms with Crippen LogP contribution in [0.4, 0.5) is 4.39 Å². The van der Waals surface area contributed by atoms with Crippen LogP contribution in [0.15, 0.2) is 54.6 Å². The van der Waals surface area contributed by atoms with Gasteiger partial charge in [0.2, 0.25) is 5.91 Å². The van der Waals surface area contributed by atoms with Gasteiger partial charge in [-0.1, -0.05) is 42.5 Å². The fourth-order valence-electron chi connectivity index (χ4n) is 3.21. The van der Waals surface area contributed by atoms with Gasteiger partial charge in [-0.2, -0.15) is 0 Å². The third kappa shape index (κ3) is 4.01. The van der Waals surface area contributed by atoms with E-state index >= 15 is 0 Å². The summed E-state index contributed by atoms with van der Waals surface area (Å²) in [4.78, 5) is 13.9.